The van der Waals surface area contributed by atoms with Gasteiger partial charge in [-0.25, -0.2) is 9.97 Å². The Morgan fingerprint density at radius 3 is 2.54 bits per heavy atom. The van der Waals surface area contributed by atoms with Crippen molar-refractivity contribution < 1.29 is 9.32 Å². The van der Waals surface area contributed by atoms with Gasteiger partial charge in [-0.3, -0.25) is 4.79 Å². The Bertz CT molecular complexity index is 962. The van der Waals surface area contributed by atoms with E-state index in [0.29, 0.717) is 34.8 Å². The number of nitrogens with zero attached hydrogens (tertiary/aromatic N) is 4. The lowest BCUT2D eigenvalue weighted by molar-refractivity contribution is 0.0691. The lowest BCUT2D eigenvalue weighted by Crippen LogP contribution is -2.38. The highest BCUT2D eigenvalue weighted by Gasteiger charge is 2.23. The van der Waals surface area contributed by atoms with Crippen LogP contribution in [0.15, 0.2) is 47.0 Å². The first-order valence-electron chi connectivity index (χ1n) is 9.52. The first-order valence-corrected chi connectivity index (χ1v) is 9.52. The second-order valence-corrected chi connectivity index (χ2v) is 7.25. The molecule has 1 aliphatic heterocycles. The van der Waals surface area contributed by atoms with Crippen LogP contribution in [0.2, 0.25) is 0 Å². The highest BCUT2D eigenvalue weighted by molar-refractivity contribution is 5.93. The van der Waals surface area contributed by atoms with E-state index >= 15 is 0 Å². The van der Waals surface area contributed by atoms with Gasteiger partial charge in [0, 0.05) is 30.8 Å². The maximum absolute atomic E-state index is 13.1. The summed E-state index contributed by atoms with van der Waals surface area (Å²) < 4.78 is 5.10. The van der Waals surface area contributed by atoms with Gasteiger partial charge in [-0.05, 0) is 25.7 Å². The molecule has 0 saturated carbocycles. The van der Waals surface area contributed by atoms with E-state index in [-0.39, 0.29) is 5.91 Å². The SMILES string of the molecule is Cc1cc(Nc2cc(C(=O)N3CCC(C)CC3)nc(-c3ccccc3)n2)no1. The average molecular weight is 377 g/mol. The largest absolute Gasteiger partial charge is 0.360 e. The monoisotopic (exact) mass is 377 g/mol. The number of likely N-dealkylation sites (tertiary alicyclic amines) is 1. The number of aromatic nitrogens is 3. The van der Waals surface area contributed by atoms with Crippen molar-refractivity contribution in [2.45, 2.75) is 26.7 Å². The predicted octanol–water partition coefficient (Wildman–Crippen LogP) is 4.06. The maximum Gasteiger partial charge on any atom is 0.272 e. The van der Waals surface area contributed by atoms with Crippen LogP contribution in [0, 0.1) is 12.8 Å². The molecule has 7 nitrogen and oxygen atoms in total. The fourth-order valence-corrected chi connectivity index (χ4v) is 3.27. The fraction of sp³-hybridized carbons (Fsp3) is 0.333. The molecule has 0 spiro atoms. The third kappa shape index (κ3) is 4.03. The van der Waals surface area contributed by atoms with Gasteiger partial charge in [-0.1, -0.05) is 42.4 Å². The molecule has 144 valence electrons. The van der Waals surface area contributed by atoms with Crippen molar-refractivity contribution in [3.8, 4) is 11.4 Å². The third-order valence-corrected chi connectivity index (χ3v) is 4.93. The predicted molar refractivity (Wildman–Crippen MR) is 106 cm³/mol. The van der Waals surface area contributed by atoms with Crippen molar-refractivity contribution in [2.75, 3.05) is 18.4 Å². The highest BCUT2D eigenvalue weighted by atomic mass is 16.5. The number of piperidine rings is 1. The van der Waals surface area contributed by atoms with Gasteiger partial charge in [-0.15, -0.1) is 0 Å². The quantitative estimate of drug-likeness (QED) is 0.738. The maximum atomic E-state index is 13.1. The highest BCUT2D eigenvalue weighted by Crippen LogP contribution is 2.23. The molecular weight excluding hydrogens is 354 g/mol. The second-order valence-electron chi connectivity index (χ2n) is 7.25. The normalized spacial score (nSPS) is 14.9. The Labute approximate surface area is 163 Å². The summed E-state index contributed by atoms with van der Waals surface area (Å²) in [5.41, 5.74) is 1.23. The molecule has 1 N–H and O–H groups in total. The van der Waals surface area contributed by atoms with Crippen molar-refractivity contribution in [1.82, 2.24) is 20.0 Å². The Kier molecular flexibility index (Phi) is 5.06. The number of hydrogen-bond donors (Lipinski definition) is 1. The lowest BCUT2D eigenvalue weighted by atomic mass is 9.99. The van der Waals surface area contributed by atoms with Gasteiger partial charge in [0.15, 0.2) is 11.6 Å². The van der Waals surface area contributed by atoms with Crippen molar-refractivity contribution >= 4 is 17.5 Å². The summed E-state index contributed by atoms with van der Waals surface area (Å²) >= 11 is 0. The van der Waals surface area contributed by atoms with E-state index in [1.54, 1.807) is 12.1 Å². The number of hydrogen-bond acceptors (Lipinski definition) is 6. The summed E-state index contributed by atoms with van der Waals surface area (Å²) in [4.78, 5) is 24.1. The summed E-state index contributed by atoms with van der Waals surface area (Å²) in [6.07, 6.45) is 2.04. The Morgan fingerprint density at radius 1 is 1.11 bits per heavy atom. The van der Waals surface area contributed by atoms with E-state index < -0.39 is 0 Å². The first kappa shape index (κ1) is 18.2. The molecule has 7 heteroatoms. The Morgan fingerprint density at radius 2 is 1.86 bits per heavy atom. The lowest BCUT2D eigenvalue weighted by Gasteiger charge is -2.30. The average Bonchev–Trinajstić information content (AvgIpc) is 3.13. The van der Waals surface area contributed by atoms with Crippen LogP contribution < -0.4 is 5.32 Å². The van der Waals surface area contributed by atoms with Crippen molar-refractivity contribution in [3.05, 3.63) is 53.9 Å². The minimum atomic E-state index is -0.0640. The van der Waals surface area contributed by atoms with E-state index in [0.717, 1.165) is 31.5 Å². The number of carbonyl (C=O) groups excluding carboxylic acids is 1. The van der Waals surface area contributed by atoms with Gasteiger partial charge in [0.2, 0.25) is 0 Å². The number of nitrogens with one attached hydrogen (secondary N) is 1. The molecular formula is C21H23N5O2. The molecule has 2 aromatic heterocycles. The molecule has 0 bridgehead atoms. The summed E-state index contributed by atoms with van der Waals surface area (Å²) in [6.45, 7) is 5.56. The van der Waals surface area contributed by atoms with Crippen LogP contribution in [0.1, 0.15) is 36.0 Å². The van der Waals surface area contributed by atoms with Gasteiger partial charge in [-0.2, -0.15) is 0 Å². The molecule has 1 saturated heterocycles. The first-order chi connectivity index (χ1) is 13.6. The zero-order valence-corrected chi connectivity index (χ0v) is 16.1. The van der Waals surface area contributed by atoms with Crippen LogP contribution in [0.5, 0.6) is 0 Å². The van der Waals surface area contributed by atoms with E-state index in [2.05, 4.69) is 27.4 Å². The molecule has 28 heavy (non-hydrogen) atoms. The molecule has 0 unspecified atom stereocenters. The van der Waals surface area contributed by atoms with E-state index in [1.165, 1.54) is 0 Å². The number of amides is 1. The molecule has 1 aliphatic rings. The zero-order valence-electron chi connectivity index (χ0n) is 16.1. The number of anilines is 2. The molecule has 0 atom stereocenters. The van der Waals surface area contributed by atoms with Crippen molar-refractivity contribution in [3.63, 3.8) is 0 Å². The van der Waals surface area contributed by atoms with Gasteiger partial charge in [0.05, 0.1) is 0 Å². The summed E-state index contributed by atoms with van der Waals surface area (Å²) in [5.74, 6) is 2.84. The smallest absolute Gasteiger partial charge is 0.272 e. The van der Waals surface area contributed by atoms with E-state index in [1.807, 2.05) is 42.2 Å². The molecule has 1 aromatic carbocycles. The minimum Gasteiger partial charge on any atom is -0.360 e. The topological polar surface area (TPSA) is 84.2 Å². The van der Waals surface area contributed by atoms with Gasteiger partial charge in [0.25, 0.3) is 5.91 Å². The second kappa shape index (κ2) is 7.80. The molecule has 0 aliphatic carbocycles. The van der Waals surface area contributed by atoms with Crippen LogP contribution >= 0.6 is 0 Å². The summed E-state index contributed by atoms with van der Waals surface area (Å²) in [5, 5.41) is 7.06. The number of benzene rings is 1. The Hall–Kier alpha value is -3.22. The molecule has 4 rings (SSSR count). The molecule has 3 heterocycles. The van der Waals surface area contributed by atoms with Gasteiger partial charge < -0.3 is 14.7 Å². The van der Waals surface area contributed by atoms with Crippen LogP contribution in [0.25, 0.3) is 11.4 Å². The number of carbonyl (C=O) groups is 1. The van der Waals surface area contributed by atoms with Crippen LogP contribution in [-0.4, -0.2) is 39.0 Å². The summed E-state index contributed by atoms with van der Waals surface area (Å²) in [6, 6.07) is 13.1. The van der Waals surface area contributed by atoms with Crippen LogP contribution in [0.4, 0.5) is 11.6 Å². The van der Waals surface area contributed by atoms with Gasteiger partial charge >= 0.3 is 0 Å². The molecule has 1 fully saturated rings. The number of aryl methyl sites for hydroxylation is 1. The fourth-order valence-electron chi connectivity index (χ4n) is 3.27. The molecule has 1 amide bonds. The Balaban J connectivity index is 1.68. The minimum absolute atomic E-state index is 0.0640. The number of rotatable bonds is 4. The zero-order chi connectivity index (χ0) is 19.5. The standard InChI is InChI=1S/C21H23N5O2/c1-14-8-10-26(11-9-14)21(27)17-13-18(23-19-12-15(2)28-25-19)24-20(22-17)16-6-4-3-5-7-16/h3-7,12-14H,8-11H2,1-2H3,(H,22,23,24,25). The van der Waals surface area contributed by atoms with E-state index in [4.69, 9.17) is 4.52 Å². The van der Waals surface area contributed by atoms with Gasteiger partial charge in [0.1, 0.15) is 17.3 Å². The van der Waals surface area contributed by atoms with Crippen LogP contribution in [-0.2, 0) is 0 Å². The molecule has 3 aromatic rings. The van der Waals surface area contributed by atoms with Crippen molar-refractivity contribution in [2.24, 2.45) is 5.92 Å². The third-order valence-electron chi connectivity index (χ3n) is 4.93. The van der Waals surface area contributed by atoms with E-state index in [9.17, 15) is 4.79 Å². The molecule has 0 radical (unpaired) electrons. The summed E-state index contributed by atoms with van der Waals surface area (Å²) in [7, 11) is 0. The van der Waals surface area contributed by atoms with Crippen molar-refractivity contribution in [1.29, 1.82) is 0 Å². The van der Waals surface area contributed by atoms with Crippen LogP contribution in [0.3, 0.4) is 0 Å².